The molecular weight excluding hydrogens is 280 g/mol. The molecular formula is C16H16N4O2. The van der Waals surface area contributed by atoms with Crippen molar-refractivity contribution in [3.63, 3.8) is 0 Å². The molecule has 0 aliphatic carbocycles. The Morgan fingerprint density at radius 3 is 2.86 bits per heavy atom. The number of rotatable bonds is 2. The van der Waals surface area contributed by atoms with Gasteiger partial charge in [-0.15, -0.1) is 0 Å². The van der Waals surface area contributed by atoms with Gasteiger partial charge in [0.1, 0.15) is 18.2 Å². The van der Waals surface area contributed by atoms with Crippen LogP contribution in [0.1, 0.15) is 23.2 Å². The topological polar surface area (TPSA) is 71.2 Å². The van der Waals surface area contributed by atoms with Gasteiger partial charge >= 0.3 is 6.09 Å². The van der Waals surface area contributed by atoms with Gasteiger partial charge in [-0.25, -0.2) is 9.48 Å². The van der Waals surface area contributed by atoms with Gasteiger partial charge in [0.2, 0.25) is 0 Å². The molecule has 3 rings (SSSR count). The minimum Gasteiger partial charge on any atom is -0.444 e. The maximum atomic E-state index is 12.4. The summed E-state index contributed by atoms with van der Waals surface area (Å²) in [6.45, 7) is 3.23. The number of fused-ring (bicyclic) bond motifs is 1. The van der Waals surface area contributed by atoms with Gasteiger partial charge in [0.05, 0.1) is 5.69 Å². The Morgan fingerprint density at radius 2 is 2.14 bits per heavy atom. The van der Waals surface area contributed by atoms with Crippen LogP contribution in [0.3, 0.4) is 0 Å². The van der Waals surface area contributed by atoms with E-state index in [9.17, 15) is 10.1 Å². The van der Waals surface area contributed by atoms with E-state index in [4.69, 9.17) is 4.74 Å². The number of benzene rings is 1. The van der Waals surface area contributed by atoms with Crippen LogP contribution < -0.4 is 4.90 Å². The average molecular weight is 296 g/mol. The van der Waals surface area contributed by atoms with Crippen molar-refractivity contribution in [1.29, 1.82) is 5.26 Å². The molecule has 0 saturated heterocycles. The molecule has 112 valence electrons. The van der Waals surface area contributed by atoms with Gasteiger partial charge in [-0.3, -0.25) is 4.90 Å². The third-order valence-corrected chi connectivity index (χ3v) is 3.65. The predicted molar refractivity (Wildman–Crippen MR) is 80.3 cm³/mol. The molecule has 1 amide bonds. The molecule has 0 atom stereocenters. The lowest BCUT2D eigenvalue weighted by Gasteiger charge is -2.27. The van der Waals surface area contributed by atoms with Crippen molar-refractivity contribution in [2.24, 2.45) is 0 Å². The molecule has 1 aromatic heterocycles. The number of amides is 1. The van der Waals surface area contributed by atoms with Crippen molar-refractivity contribution in [3.8, 4) is 6.07 Å². The number of hydrogen-bond acceptors (Lipinski definition) is 4. The first kappa shape index (κ1) is 14.1. The first-order valence-electron chi connectivity index (χ1n) is 7.16. The molecule has 0 radical (unpaired) electrons. The fourth-order valence-corrected chi connectivity index (χ4v) is 2.59. The number of anilines is 1. The second kappa shape index (κ2) is 5.90. The van der Waals surface area contributed by atoms with Crippen LogP contribution in [-0.4, -0.2) is 22.4 Å². The van der Waals surface area contributed by atoms with E-state index in [0.717, 1.165) is 12.0 Å². The number of nitriles is 1. The smallest absolute Gasteiger partial charge is 0.415 e. The standard InChI is InChI=1S/C16H16N4O2/c1-12-14(10-17)15-19(8-5-9-20(15)18-12)16(21)22-11-13-6-3-2-4-7-13/h2-4,6-7H,5,8-9,11H2,1H3. The molecule has 1 aromatic carbocycles. The summed E-state index contributed by atoms with van der Waals surface area (Å²) in [4.78, 5) is 13.9. The molecule has 1 aliphatic heterocycles. The molecule has 2 heterocycles. The van der Waals surface area contributed by atoms with Gasteiger partial charge in [0.25, 0.3) is 0 Å². The second-order valence-corrected chi connectivity index (χ2v) is 5.16. The first-order valence-corrected chi connectivity index (χ1v) is 7.16. The maximum absolute atomic E-state index is 12.4. The van der Waals surface area contributed by atoms with E-state index in [0.29, 0.717) is 30.2 Å². The van der Waals surface area contributed by atoms with Crippen LogP contribution in [0.4, 0.5) is 10.6 Å². The number of nitrogens with zero attached hydrogens (tertiary/aromatic N) is 4. The largest absolute Gasteiger partial charge is 0.444 e. The van der Waals surface area contributed by atoms with Gasteiger partial charge in [0, 0.05) is 13.1 Å². The Bertz CT molecular complexity index is 731. The molecule has 0 N–H and O–H groups in total. The van der Waals surface area contributed by atoms with Crippen molar-refractivity contribution in [2.45, 2.75) is 26.5 Å². The molecule has 6 nitrogen and oxygen atoms in total. The van der Waals surface area contributed by atoms with Gasteiger partial charge in [-0.05, 0) is 18.9 Å². The fourth-order valence-electron chi connectivity index (χ4n) is 2.59. The monoisotopic (exact) mass is 296 g/mol. The SMILES string of the molecule is Cc1nn2c(c1C#N)N(C(=O)OCc1ccccc1)CCC2. The summed E-state index contributed by atoms with van der Waals surface area (Å²) < 4.78 is 7.08. The van der Waals surface area contributed by atoms with Crippen LogP contribution in [0.15, 0.2) is 30.3 Å². The number of carbonyl (C=O) groups excluding carboxylic acids is 1. The molecule has 0 spiro atoms. The zero-order valence-electron chi connectivity index (χ0n) is 12.3. The number of aromatic nitrogens is 2. The van der Waals surface area contributed by atoms with E-state index < -0.39 is 6.09 Å². The highest BCUT2D eigenvalue weighted by molar-refractivity contribution is 5.88. The number of carbonyl (C=O) groups is 1. The number of hydrogen-bond donors (Lipinski definition) is 0. The van der Waals surface area contributed by atoms with Crippen molar-refractivity contribution < 1.29 is 9.53 Å². The zero-order chi connectivity index (χ0) is 15.5. The lowest BCUT2D eigenvalue weighted by Crippen LogP contribution is -2.38. The van der Waals surface area contributed by atoms with E-state index in [-0.39, 0.29) is 6.61 Å². The highest BCUT2D eigenvalue weighted by Gasteiger charge is 2.29. The van der Waals surface area contributed by atoms with Crippen LogP contribution in [0.2, 0.25) is 0 Å². The zero-order valence-corrected chi connectivity index (χ0v) is 12.3. The Hall–Kier alpha value is -2.81. The quantitative estimate of drug-likeness (QED) is 0.854. The Balaban J connectivity index is 1.79. The lowest BCUT2D eigenvalue weighted by molar-refractivity contribution is 0.145. The Morgan fingerprint density at radius 1 is 1.36 bits per heavy atom. The van der Waals surface area contributed by atoms with E-state index in [1.807, 2.05) is 30.3 Å². The second-order valence-electron chi connectivity index (χ2n) is 5.16. The average Bonchev–Trinajstić information content (AvgIpc) is 2.88. The van der Waals surface area contributed by atoms with Crippen LogP contribution >= 0.6 is 0 Å². The molecule has 0 fully saturated rings. The molecule has 0 saturated carbocycles. The first-order chi connectivity index (χ1) is 10.7. The lowest BCUT2D eigenvalue weighted by atomic mass is 10.2. The fraction of sp³-hybridized carbons (Fsp3) is 0.312. The van der Waals surface area contributed by atoms with E-state index in [1.54, 1.807) is 11.6 Å². The van der Waals surface area contributed by atoms with Crippen LogP contribution in [0.25, 0.3) is 0 Å². The van der Waals surface area contributed by atoms with Crippen molar-refractivity contribution >= 4 is 11.9 Å². The summed E-state index contributed by atoms with van der Waals surface area (Å²) in [5.41, 5.74) is 2.01. The summed E-state index contributed by atoms with van der Waals surface area (Å²) in [6.07, 6.45) is 0.348. The van der Waals surface area contributed by atoms with Crippen LogP contribution in [0, 0.1) is 18.3 Å². The van der Waals surface area contributed by atoms with E-state index in [2.05, 4.69) is 11.2 Å². The minimum atomic E-state index is -0.443. The highest BCUT2D eigenvalue weighted by atomic mass is 16.6. The van der Waals surface area contributed by atoms with E-state index >= 15 is 0 Å². The summed E-state index contributed by atoms with van der Waals surface area (Å²) in [6, 6.07) is 11.6. The third-order valence-electron chi connectivity index (χ3n) is 3.65. The Labute approximate surface area is 128 Å². The van der Waals surface area contributed by atoms with Crippen molar-refractivity contribution in [3.05, 3.63) is 47.2 Å². The Kier molecular flexibility index (Phi) is 3.79. The third kappa shape index (κ3) is 2.53. The summed E-state index contributed by atoms with van der Waals surface area (Å²) >= 11 is 0. The summed E-state index contributed by atoms with van der Waals surface area (Å²) in [5, 5.41) is 13.6. The van der Waals surface area contributed by atoms with Gasteiger partial charge in [-0.2, -0.15) is 10.4 Å². The van der Waals surface area contributed by atoms with Crippen LogP contribution in [-0.2, 0) is 17.9 Å². The maximum Gasteiger partial charge on any atom is 0.415 e. The van der Waals surface area contributed by atoms with E-state index in [1.165, 1.54) is 4.90 Å². The molecule has 1 aliphatic rings. The van der Waals surface area contributed by atoms with Crippen LogP contribution in [0.5, 0.6) is 0 Å². The molecule has 0 bridgehead atoms. The minimum absolute atomic E-state index is 0.213. The summed E-state index contributed by atoms with van der Waals surface area (Å²) in [5.74, 6) is 0.546. The van der Waals surface area contributed by atoms with Crippen molar-refractivity contribution in [1.82, 2.24) is 9.78 Å². The number of aryl methyl sites for hydroxylation is 2. The molecule has 0 unspecified atom stereocenters. The number of ether oxygens (including phenoxy) is 1. The van der Waals surface area contributed by atoms with Gasteiger partial charge in [0.15, 0.2) is 5.82 Å². The molecule has 2 aromatic rings. The molecule has 22 heavy (non-hydrogen) atoms. The highest BCUT2D eigenvalue weighted by Crippen LogP contribution is 2.27. The van der Waals surface area contributed by atoms with Gasteiger partial charge < -0.3 is 4.74 Å². The summed E-state index contributed by atoms with van der Waals surface area (Å²) in [7, 11) is 0. The normalized spacial score (nSPS) is 13.4. The molecule has 6 heteroatoms. The predicted octanol–water partition coefficient (Wildman–Crippen LogP) is 2.61. The van der Waals surface area contributed by atoms with Gasteiger partial charge in [-0.1, -0.05) is 30.3 Å². The van der Waals surface area contributed by atoms with Crippen molar-refractivity contribution in [2.75, 3.05) is 11.4 Å².